The van der Waals surface area contributed by atoms with Crippen LogP contribution in [0.1, 0.15) is 10.5 Å². The van der Waals surface area contributed by atoms with E-state index in [1.165, 1.54) is 18.0 Å². The topological polar surface area (TPSA) is 94.7 Å². The zero-order chi connectivity index (χ0) is 10.8. The van der Waals surface area contributed by atoms with Gasteiger partial charge in [0.2, 0.25) is 0 Å². The summed E-state index contributed by atoms with van der Waals surface area (Å²) in [5.41, 5.74) is 6.65. The first-order valence-electron chi connectivity index (χ1n) is 4.04. The summed E-state index contributed by atoms with van der Waals surface area (Å²) in [4.78, 5) is 26.6. The Hall–Kier alpha value is -1.76. The van der Waals surface area contributed by atoms with Crippen LogP contribution in [0, 0.1) is 0 Å². The lowest BCUT2D eigenvalue weighted by Gasteiger charge is -2.01. The molecule has 0 amide bonds. The van der Waals surface area contributed by atoms with Crippen LogP contribution in [0.15, 0.2) is 11.4 Å². The quantitative estimate of drug-likeness (QED) is 0.449. The van der Waals surface area contributed by atoms with E-state index in [0.717, 1.165) is 0 Å². The molecule has 0 unspecified atom stereocenters. The van der Waals surface area contributed by atoms with Crippen LogP contribution in [0.2, 0.25) is 0 Å². The summed E-state index contributed by atoms with van der Waals surface area (Å²) >= 11 is 1.37. The number of hydrogen-bond donors (Lipinski definition) is 1. The van der Waals surface area contributed by atoms with Crippen molar-refractivity contribution in [2.75, 3.05) is 12.0 Å². The monoisotopic (exact) mass is 221 g/mol. The molecule has 76 valence electrons. The molecule has 2 heterocycles. The average molecular weight is 221 g/mol. The van der Waals surface area contributed by atoms with Crippen molar-refractivity contribution in [1.82, 2.24) is 19.9 Å². The fourth-order valence-corrected chi connectivity index (χ4v) is 1.44. The van der Waals surface area contributed by atoms with Gasteiger partial charge in [-0.05, 0) is 6.26 Å². The first-order valence-corrected chi connectivity index (χ1v) is 5.26. The average Bonchev–Trinajstić information content (AvgIpc) is 2.28. The first-order chi connectivity index (χ1) is 7.24. The summed E-state index contributed by atoms with van der Waals surface area (Å²) in [6.07, 6.45) is 3.80. The van der Waals surface area contributed by atoms with Crippen LogP contribution < -0.4 is 5.73 Å². The maximum Gasteiger partial charge on any atom is 0.191 e. The molecule has 0 radical (unpaired) electrons. The van der Waals surface area contributed by atoms with Gasteiger partial charge in [-0.15, -0.1) is 0 Å². The lowest BCUT2D eigenvalue weighted by atomic mass is 10.4. The zero-order valence-electron chi connectivity index (χ0n) is 7.84. The predicted molar refractivity (Wildman–Crippen MR) is 56.7 cm³/mol. The summed E-state index contributed by atoms with van der Waals surface area (Å²) < 4.78 is 0. The normalized spacial score (nSPS) is 10.5. The number of fused-ring (bicyclic) bond motifs is 1. The van der Waals surface area contributed by atoms with E-state index < -0.39 is 0 Å². The standard InChI is InChI=1S/C8H7N5OS/c1-15-8-12-6(9)5-7(13-8)10-2-4(3-14)11-5/h2-3H,1H3,(H2,9,10,12,13). The number of nitrogen functional groups attached to an aromatic ring is 1. The summed E-state index contributed by atoms with van der Waals surface area (Å²) in [5, 5.41) is 0.535. The second kappa shape index (κ2) is 3.77. The molecule has 0 saturated carbocycles. The van der Waals surface area contributed by atoms with Crippen molar-refractivity contribution in [3.63, 3.8) is 0 Å². The number of aldehydes is 1. The number of thioether (sulfide) groups is 1. The smallest absolute Gasteiger partial charge is 0.191 e. The largest absolute Gasteiger partial charge is 0.382 e. The highest BCUT2D eigenvalue weighted by molar-refractivity contribution is 7.98. The minimum Gasteiger partial charge on any atom is -0.382 e. The molecule has 0 aromatic carbocycles. The van der Waals surface area contributed by atoms with Crippen LogP contribution in [-0.4, -0.2) is 32.5 Å². The Bertz CT molecular complexity index is 530. The molecule has 0 aliphatic rings. The second-order valence-corrected chi connectivity index (χ2v) is 3.45. The third-order valence-corrected chi connectivity index (χ3v) is 2.28. The van der Waals surface area contributed by atoms with Crippen LogP contribution in [0.4, 0.5) is 5.82 Å². The summed E-state index contributed by atoms with van der Waals surface area (Å²) in [5.74, 6) is 0.237. The molecule has 0 spiro atoms. The van der Waals surface area contributed by atoms with Crippen LogP contribution in [0.25, 0.3) is 11.2 Å². The number of carbonyl (C=O) groups excluding carboxylic acids is 1. The van der Waals surface area contributed by atoms with E-state index >= 15 is 0 Å². The van der Waals surface area contributed by atoms with Gasteiger partial charge in [0.1, 0.15) is 5.69 Å². The minimum absolute atomic E-state index is 0.217. The van der Waals surface area contributed by atoms with Gasteiger partial charge in [-0.2, -0.15) is 0 Å². The van der Waals surface area contributed by atoms with Gasteiger partial charge in [0.25, 0.3) is 0 Å². The minimum atomic E-state index is 0.217. The van der Waals surface area contributed by atoms with Crippen molar-refractivity contribution in [2.45, 2.75) is 5.16 Å². The fraction of sp³-hybridized carbons (Fsp3) is 0.125. The summed E-state index contributed by atoms with van der Waals surface area (Å²) in [7, 11) is 0. The van der Waals surface area contributed by atoms with Crippen molar-refractivity contribution in [1.29, 1.82) is 0 Å². The van der Waals surface area contributed by atoms with Crippen molar-refractivity contribution < 1.29 is 4.79 Å². The van der Waals surface area contributed by atoms with Gasteiger partial charge in [0.05, 0.1) is 6.20 Å². The molecule has 0 saturated heterocycles. The molecular formula is C8H7N5OS. The molecule has 2 N–H and O–H groups in total. The predicted octanol–water partition coefficient (Wildman–Crippen LogP) is 0.536. The van der Waals surface area contributed by atoms with Crippen molar-refractivity contribution in [3.05, 3.63) is 11.9 Å². The number of aromatic nitrogens is 4. The molecule has 15 heavy (non-hydrogen) atoms. The van der Waals surface area contributed by atoms with Crippen LogP contribution in [0.5, 0.6) is 0 Å². The van der Waals surface area contributed by atoms with Gasteiger partial charge in [-0.25, -0.2) is 19.9 Å². The third kappa shape index (κ3) is 1.73. The molecule has 7 heteroatoms. The third-order valence-electron chi connectivity index (χ3n) is 1.74. The Morgan fingerprint density at radius 2 is 2.20 bits per heavy atom. The van der Waals surface area contributed by atoms with Gasteiger partial charge < -0.3 is 5.73 Å². The second-order valence-electron chi connectivity index (χ2n) is 2.68. The molecule has 2 rings (SSSR count). The maximum atomic E-state index is 10.5. The van der Waals surface area contributed by atoms with Gasteiger partial charge in [-0.3, -0.25) is 4.79 Å². The molecule has 2 aromatic heterocycles. The molecule has 0 bridgehead atoms. The Morgan fingerprint density at radius 1 is 1.40 bits per heavy atom. The van der Waals surface area contributed by atoms with Crippen molar-refractivity contribution in [3.8, 4) is 0 Å². The fourth-order valence-electron chi connectivity index (χ4n) is 1.07. The number of nitrogens with zero attached hydrogens (tertiary/aromatic N) is 4. The van der Waals surface area contributed by atoms with Crippen molar-refractivity contribution >= 4 is 35.0 Å². The van der Waals surface area contributed by atoms with E-state index in [1.54, 1.807) is 0 Å². The van der Waals surface area contributed by atoms with E-state index in [4.69, 9.17) is 5.73 Å². The van der Waals surface area contributed by atoms with Gasteiger partial charge in [0, 0.05) is 0 Å². The van der Waals surface area contributed by atoms with E-state index in [0.29, 0.717) is 22.6 Å². The highest BCUT2D eigenvalue weighted by atomic mass is 32.2. The Balaban J connectivity index is 2.73. The maximum absolute atomic E-state index is 10.5. The number of rotatable bonds is 2. The van der Waals surface area contributed by atoms with Crippen molar-refractivity contribution in [2.24, 2.45) is 0 Å². The lowest BCUT2D eigenvalue weighted by molar-refractivity contribution is 0.111. The van der Waals surface area contributed by atoms with Gasteiger partial charge >= 0.3 is 0 Å². The molecule has 6 nitrogen and oxygen atoms in total. The van der Waals surface area contributed by atoms with E-state index in [1.807, 2.05) is 6.26 Å². The Kier molecular flexibility index (Phi) is 2.46. The van der Waals surface area contributed by atoms with E-state index in [2.05, 4.69) is 19.9 Å². The number of nitrogens with two attached hydrogens (primary N) is 1. The van der Waals surface area contributed by atoms with Gasteiger partial charge in [-0.1, -0.05) is 11.8 Å². The van der Waals surface area contributed by atoms with Crippen LogP contribution in [-0.2, 0) is 0 Å². The first kappa shape index (κ1) is 9.78. The molecule has 0 aliphatic heterocycles. The SMILES string of the molecule is CSc1nc(N)c2nc(C=O)cnc2n1. The molecule has 0 aliphatic carbocycles. The van der Waals surface area contributed by atoms with E-state index in [-0.39, 0.29) is 11.5 Å². The lowest BCUT2D eigenvalue weighted by Crippen LogP contribution is -2.01. The number of carbonyl (C=O) groups is 1. The summed E-state index contributed by atoms with van der Waals surface area (Å²) in [6, 6.07) is 0. The van der Waals surface area contributed by atoms with E-state index in [9.17, 15) is 4.79 Å². The number of anilines is 1. The Morgan fingerprint density at radius 3 is 2.87 bits per heavy atom. The van der Waals surface area contributed by atoms with Crippen LogP contribution >= 0.6 is 11.8 Å². The molecule has 0 fully saturated rings. The number of hydrogen-bond acceptors (Lipinski definition) is 7. The van der Waals surface area contributed by atoms with Gasteiger partial charge in [0.15, 0.2) is 28.4 Å². The zero-order valence-corrected chi connectivity index (χ0v) is 8.65. The molecule has 0 atom stereocenters. The molecular weight excluding hydrogens is 214 g/mol. The van der Waals surface area contributed by atoms with Crippen LogP contribution in [0.3, 0.4) is 0 Å². The molecule has 2 aromatic rings. The highest BCUT2D eigenvalue weighted by Gasteiger charge is 2.07. The highest BCUT2D eigenvalue weighted by Crippen LogP contribution is 2.17. The Labute approximate surface area is 89.3 Å². The summed E-state index contributed by atoms with van der Waals surface area (Å²) in [6.45, 7) is 0.